The molecule has 1 unspecified atom stereocenters. The van der Waals surface area contributed by atoms with Crippen LogP contribution in [-0.2, 0) is 16.5 Å². The van der Waals surface area contributed by atoms with E-state index in [9.17, 15) is 4.21 Å². The second kappa shape index (κ2) is 5.58. The lowest BCUT2D eigenvalue weighted by Gasteiger charge is -2.09. The maximum absolute atomic E-state index is 11.4. The van der Waals surface area contributed by atoms with Gasteiger partial charge in [-0.15, -0.1) is 0 Å². The lowest BCUT2D eigenvalue weighted by Crippen LogP contribution is -2.09. The highest BCUT2D eigenvalue weighted by molar-refractivity contribution is 7.90. The van der Waals surface area contributed by atoms with Crippen molar-refractivity contribution in [1.29, 1.82) is 4.78 Å². The molecule has 0 fully saturated rings. The molecule has 0 saturated carbocycles. The Hall–Kier alpha value is -1.96. The molecule has 5 N–H and O–H groups in total. The van der Waals surface area contributed by atoms with Crippen molar-refractivity contribution in [3.63, 3.8) is 0 Å². The van der Waals surface area contributed by atoms with Crippen molar-refractivity contribution in [3.05, 3.63) is 42.0 Å². The zero-order chi connectivity index (χ0) is 14.8. The summed E-state index contributed by atoms with van der Waals surface area (Å²) in [6, 6.07) is 10.3. The number of hydrogen-bond donors (Lipinski definition) is 3. The number of nitrogens with zero attached hydrogens (tertiary/aromatic N) is 1. The number of nitrogens with two attached hydrogens (primary N) is 2. The minimum atomic E-state index is -3.19. The van der Waals surface area contributed by atoms with Gasteiger partial charge < -0.3 is 10.5 Å². The maximum atomic E-state index is 11.4. The van der Waals surface area contributed by atoms with Crippen LogP contribution in [0.4, 0.5) is 0 Å². The molecule has 6 nitrogen and oxygen atoms in total. The summed E-state index contributed by atoms with van der Waals surface area (Å²) in [4.78, 5) is 4.66. The number of hydrogen-bond acceptors (Lipinski definition) is 5. The number of pyridine rings is 1. The second-order valence-corrected chi connectivity index (χ2v) is 5.87. The number of aromatic nitrogens is 1. The fraction of sp³-hybridized carbons (Fsp3) is 0.154. The Bertz CT molecular complexity index is 712. The summed E-state index contributed by atoms with van der Waals surface area (Å²) >= 11 is 0. The van der Waals surface area contributed by atoms with Crippen molar-refractivity contribution < 1.29 is 8.95 Å². The van der Waals surface area contributed by atoms with Crippen LogP contribution in [0.15, 0.2) is 41.3 Å². The SMILES string of the molecule is COc1nc(-c2ccc(S(=N)(N)=O)cc2)ccc1CN. The Labute approximate surface area is 117 Å². The molecular weight excluding hydrogens is 276 g/mol. The highest BCUT2D eigenvalue weighted by atomic mass is 32.2. The topological polar surface area (TPSA) is 115 Å². The highest BCUT2D eigenvalue weighted by Crippen LogP contribution is 2.24. The van der Waals surface area contributed by atoms with Crippen molar-refractivity contribution in [2.75, 3.05) is 7.11 Å². The van der Waals surface area contributed by atoms with Crippen molar-refractivity contribution in [2.45, 2.75) is 11.4 Å². The van der Waals surface area contributed by atoms with Crippen LogP contribution in [0.1, 0.15) is 5.56 Å². The van der Waals surface area contributed by atoms with E-state index in [0.29, 0.717) is 18.1 Å². The van der Waals surface area contributed by atoms with Crippen molar-refractivity contribution >= 4 is 9.92 Å². The molecule has 1 atom stereocenters. The first-order valence-corrected chi connectivity index (χ1v) is 7.49. The van der Waals surface area contributed by atoms with Crippen LogP contribution in [-0.4, -0.2) is 16.3 Å². The summed E-state index contributed by atoms with van der Waals surface area (Å²) in [7, 11) is -1.65. The maximum Gasteiger partial charge on any atom is 0.218 e. The van der Waals surface area contributed by atoms with E-state index in [-0.39, 0.29) is 4.90 Å². The molecule has 0 radical (unpaired) electrons. The standard InChI is InChI=1S/C13H16N4O2S/c1-19-13-10(8-14)4-7-12(17-13)9-2-5-11(6-3-9)20(15,16)18/h2-7H,8,14H2,1H3,(H3,15,16,18). The summed E-state index contributed by atoms with van der Waals surface area (Å²) in [6.45, 7) is 0.351. The second-order valence-electron chi connectivity index (χ2n) is 4.19. The van der Waals surface area contributed by atoms with Crippen LogP contribution in [0.3, 0.4) is 0 Å². The molecule has 0 aliphatic rings. The molecular formula is C13H16N4O2S. The molecule has 1 aromatic carbocycles. The average Bonchev–Trinajstić information content (AvgIpc) is 2.45. The lowest BCUT2D eigenvalue weighted by molar-refractivity contribution is 0.393. The van der Waals surface area contributed by atoms with E-state index >= 15 is 0 Å². The van der Waals surface area contributed by atoms with Gasteiger partial charge in [-0.1, -0.05) is 18.2 Å². The lowest BCUT2D eigenvalue weighted by atomic mass is 10.1. The molecule has 0 spiro atoms. The fourth-order valence-electron chi connectivity index (χ4n) is 1.79. The highest BCUT2D eigenvalue weighted by Gasteiger charge is 2.08. The number of nitrogens with one attached hydrogen (secondary N) is 1. The third-order valence-corrected chi connectivity index (χ3v) is 3.83. The summed E-state index contributed by atoms with van der Waals surface area (Å²) in [5.41, 5.74) is 7.95. The largest absolute Gasteiger partial charge is 0.481 e. The minimum absolute atomic E-state index is 0.284. The van der Waals surface area contributed by atoms with Gasteiger partial charge in [0.25, 0.3) is 0 Å². The van der Waals surface area contributed by atoms with E-state index in [1.807, 2.05) is 12.1 Å². The first-order valence-electron chi connectivity index (χ1n) is 5.86. The summed E-state index contributed by atoms with van der Waals surface area (Å²) < 4.78 is 23.9. The number of methoxy groups -OCH3 is 1. The van der Waals surface area contributed by atoms with Crippen LogP contribution >= 0.6 is 0 Å². The van der Waals surface area contributed by atoms with Gasteiger partial charge in [-0.2, -0.15) is 0 Å². The molecule has 0 aliphatic heterocycles. The van der Waals surface area contributed by atoms with Gasteiger partial charge in [-0.3, -0.25) is 0 Å². The zero-order valence-electron chi connectivity index (χ0n) is 11.0. The fourth-order valence-corrected chi connectivity index (χ4v) is 2.33. The van der Waals surface area contributed by atoms with E-state index in [0.717, 1.165) is 11.1 Å². The normalized spacial score (nSPS) is 13.8. The molecule has 0 amide bonds. The third kappa shape index (κ3) is 2.96. The Morgan fingerprint density at radius 2 is 1.90 bits per heavy atom. The van der Waals surface area contributed by atoms with E-state index < -0.39 is 9.92 Å². The summed E-state index contributed by atoms with van der Waals surface area (Å²) in [5.74, 6) is 0.484. The number of benzene rings is 1. The molecule has 1 aromatic heterocycles. The predicted octanol–water partition coefficient (Wildman–Crippen LogP) is 1.50. The smallest absolute Gasteiger partial charge is 0.218 e. The molecule has 7 heteroatoms. The Morgan fingerprint density at radius 3 is 2.40 bits per heavy atom. The molecule has 20 heavy (non-hydrogen) atoms. The first kappa shape index (κ1) is 14.4. The van der Waals surface area contributed by atoms with Crippen LogP contribution in [0.25, 0.3) is 11.3 Å². The Kier molecular flexibility index (Phi) is 4.03. The molecule has 0 saturated heterocycles. The van der Waals surface area contributed by atoms with Gasteiger partial charge in [0.2, 0.25) is 5.88 Å². The van der Waals surface area contributed by atoms with Gasteiger partial charge in [0.15, 0.2) is 0 Å². The summed E-state index contributed by atoms with van der Waals surface area (Å²) in [5, 5.41) is 5.27. The molecule has 2 rings (SSSR count). The van der Waals surface area contributed by atoms with E-state index in [1.165, 1.54) is 7.11 Å². The van der Waals surface area contributed by atoms with Crippen molar-refractivity contribution in [1.82, 2.24) is 4.98 Å². The Balaban J connectivity index is 2.42. The van der Waals surface area contributed by atoms with Crippen LogP contribution in [0.5, 0.6) is 5.88 Å². The molecule has 106 valence electrons. The number of rotatable bonds is 4. The van der Waals surface area contributed by atoms with E-state index in [2.05, 4.69) is 4.98 Å². The molecule has 0 aliphatic carbocycles. The average molecular weight is 292 g/mol. The van der Waals surface area contributed by atoms with Gasteiger partial charge in [0, 0.05) is 17.7 Å². The van der Waals surface area contributed by atoms with Gasteiger partial charge in [0.1, 0.15) is 9.92 Å². The zero-order valence-corrected chi connectivity index (χ0v) is 11.8. The number of ether oxygens (including phenoxy) is 1. The van der Waals surface area contributed by atoms with Gasteiger partial charge in [-0.05, 0) is 18.2 Å². The van der Waals surface area contributed by atoms with E-state index in [1.54, 1.807) is 24.3 Å². The van der Waals surface area contributed by atoms with Crippen LogP contribution in [0.2, 0.25) is 0 Å². The van der Waals surface area contributed by atoms with Crippen molar-refractivity contribution in [3.8, 4) is 17.1 Å². The monoisotopic (exact) mass is 292 g/mol. The molecule has 0 bridgehead atoms. The van der Waals surface area contributed by atoms with Crippen LogP contribution in [0, 0.1) is 4.78 Å². The third-order valence-electron chi connectivity index (χ3n) is 2.85. The quantitative estimate of drug-likeness (QED) is 0.791. The van der Waals surface area contributed by atoms with Gasteiger partial charge in [0.05, 0.1) is 17.7 Å². The molecule has 1 heterocycles. The van der Waals surface area contributed by atoms with Crippen LogP contribution < -0.4 is 15.6 Å². The minimum Gasteiger partial charge on any atom is -0.481 e. The Morgan fingerprint density at radius 1 is 1.25 bits per heavy atom. The van der Waals surface area contributed by atoms with Gasteiger partial charge >= 0.3 is 0 Å². The first-order chi connectivity index (χ1) is 9.45. The summed E-state index contributed by atoms with van der Waals surface area (Å²) in [6.07, 6.45) is 0. The predicted molar refractivity (Wildman–Crippen MR) is 77.4 cm³/mol. The van der Waals surface area contributed by atoms with Crippen molar-refractivity contribution in [2.24, 2.45) is 10.9 Å². The van der Waals surface area contributed by atoms with E-state index in [4.69, 9.17) is 20.4 Å². The molecule has 2 aromatic rings. The van der Waals surface area contributed by atoms with Gasteiger partial charge in [-0.25, -0.2) is 19.1 Å².